The van der Waals surface area contributed by atoms with Gasteiger partial charge in [-0.05, 0) is 42.2 Å². The van der Waals surface area contributed by atoms with Gasteiger partial charge in [-0.2, -0.15) is 0 Å². The van der Waals surface area contributed by atoms with Crippen molar-refractivity contribution in [2.45, 2.75) is 52.2 Å². The summed E-state index contributed by atoms with van der Waals surface area (Å²) in [5.74, 6) is -0.943. The van der Waals surface area contributed by atoms with E-state index < -0.39 is 23.4 Å². The normalized spacial score (nSPS) is 13.0. The zero-order valence-electron chi connectivity index (χ0n) is 24.9. The molecule has 11 heteroatoms. The molecule has 3 N–H and O–H groups in total. The number of aromatic nitrogens is 1. The van der Waals surface area contributed by atoms with E-state index in [9.17, 15) is 19.5 Å². The van der Waals surface area contributed by atoms with Gasteiger partial charge >= 0.3 is 5.97 Å². The number of ketones is 1. The maximum absolute atomic E-state index is 13.5. The molecular formula is C32H37BrN4O6. The fourth-order valence-electron chi connectivity index (χ4n) is 4.79. The van der Waals surface area contributed by atoms with Gasteiger partial charge in [-0.25, -0.2) is 9.78 Å². The number of amides is 1. The summed E-state index contributed by atoms with van der Waals surface area (Å²) in [4.78, 5) is 43.9. The summed E-state index contributed by atoms with van der Waals surface area (Å²) in [7, 11) is 1.50. The van der Waals surface area contributed by atoms with Crippen molar-refractivity contribution in [3.63, 3.8) is 0 Å². The molecule has 1 atom stereocenters. The first kappa shape index (κ1) is 33.3. The van der Waals surface area contributed by atoms with Gasteiger partial charge in [0.2, 0.25) is 0 Å². The van der Waals surface area contributed by atoms with Crippen LogP contribution in [0.4, 0.5) is 0 Å². The first-order chi connectivity index (χ1) is 19.9. The van der Waals surface area contributed by atoms with Gasteiger partial charge in [-0.3, -0.25) is 15.0 Å². The Hall–Kier alpha value is -4.25. The Morgan fingerprint density at radius 3 is 2.40 bits per heavy atom. The van der Waals surface area contributed by atoms with Crippen molar-refractivity contribution in [2.24, 2.45) is 0 Å². The van der Waals surface area contributed by atoms with Gasteiger partial charge in [0.25, 0.3) is 5.91 Å². The standard InChI is InChI=1S/C32H36N4O6.BrH/c1-6-41-25-16-21-17-36(29(33)27(21)35-28(25)30(38)34-5)18-23(37)20-12-13-24(22(15-20)32(2,3)4)42-26(31(39)40)14-19-10-8-7-9-11-19;/h7-13,15-16,26,33H,6,14,17-18H2,1-5H3,(H,34,38)(H,39,40);1H. The molecule has 1 aliphatic heterocycles. The highest BCUT2D eigenvalue weighted by molar-refractivity contribution is 8.93. The average molecular weight is 654 g/mol. The van der Waals surface area contributed by atoms with Crippen molar-refractivity contribution < 1.29 is 29.0 Å². The molecule has 0 radical (unpaired) electrons. The topological polar surface area (TPSA) is 142 Å². The number of carbonyl (C=O) groups is 3. The quantitative estimate of drug-likeness (QED) is 0.251. The maximum Gasteiger partial charge on any atom is 0.345 e. The Bertz CT molecular complexity index is 1520. The van der Waals surface area contributed by atoms with Crippen molar-refractivity contribution in [1.82, 2.24) is 15.2 Å². The fourth-order valence-corrected chi connectivity index (χ4v) is 4.79. The number of pyridine rings is 1. The molecule has 1 aromatic heterocycles. The number of hydrogen-bond acceptors (Lipinski definition) is 7. The van der Waals surface area contributed by atoms with Gasteiger partial charge in [0.15, 0.2) is 23.3 Å². The number of carboxylic acids is 1. The molecule has 2 aromatic carbocycles. The zero-order chi connectivity index (χ0) is 30.6. The highest BCUT2D eigenvalue weighted by atomic mass is 79.9. The van der Waals surface area contributed by atoms with Crippen LogP contribution in [0.15, 0.2) is 54.6 Å². The average Bonchev–Trinajstić information content (AvgIpc) is 3.25. The van der Waals surface area contributed by atoms with Crippen LogP contribution in [-0.4, -0.2) is 64.8 Å². The number of halogens is 1. The first-order valence-electron chi connectivity index (χ1n) is 13.8. The van der Waals surface area contributed by atoms with Crippen LogP contribution in [0.1, 0.15) is 70.9 Å². The van der Waals surface area contributed by atoms with E-state index in [2.05, 4.69) is 10.3 Å². The Labute approximate surface area is 261 Å². The van der Waals surface area contributed by atoms with Gasteiger partial charge in [-0.1, -0.05) is 51.1 Å². The molecule has 3 aromatic rings. The summed E-state index contributed by atoms with van der Waals surface area (Å²) in [5, 5.41) is 21.1. The molecule has 0 saturated heterocycles. The maximum atomic E-state index is 13.5. The van der Waals surface area contributed by atoms with Crippen molar-refractivity contribution in [3.05, 3.63) is 88.2 Å². The molecule has 0 bridgehead atoms. The van der Waals surface area contributed by atoms with E-state index in [4.69, 9.17) is 14.9 Å². The molecule has 10 nitrogen and oxygen atoms in total. The summed E-state index contributed by atoms with van der Waals surface area (Å²) in [5.41, 5.74) is 2.63. The third kappa shape index (κ3) is 7.59. The number of Topliss-reactive ketones (excluding diaryl/α,β-unsaturated/α-hetero) is 1. The third-order valence-corrected chi connectivity index (χ3v) is 6.96. The van der Waals surface area contributed by atoms with E-state index in [1.807, 2.05) is 51.1 Å². The third-order valence-electron chi connectivity index (χ3n) is 6.96. The molecule has 228 valence electrons. The highest BCUT2D eigenvalue weighted by Gasteiger charge is 2.32. The van der Waals surface area contributed by atoms with Crippen LogP contribution in [0.25, 0.3) is 0 Å². The van der Waals surface area contributed by atoms with Crippen molar-refractivity contribution >= 4 is 40.5 Å². The van der Waals surface area contributed by atoms with Gasteiger partial charge < -0.3 is 24.8 Å². The van der Waals surface area contributed by atoms with Gasteiger partial charge in [-0.15, -0.1) is 17.0 Å². The van der Waals surface area contributed by atoms with E-state index in [0.717, 1.165) is 5.56 Å². The molecular weight excluding hydrogens is 616 g/mol. The first-order valence-corrected chi connectivity index (χ1v) is 13.8. The molecule has 1 aliphatic rings. The van der Waals surface area contributed by atoms with Gasteiger partial charge in [0.1, 0.15) is 17.3 Å². The van der Waals surface area contributed by atoms with E-state index in [1.165, 1.54) is 7.05 Å². The van der Waals surface area contributed by atoms with E-state index >= 15 is 0 Å². The monoisotopic (exact) mass is 652 g/mol. The van der Waals surface area contributed by atoms with Crippen LogP contribution in [0.2, 0.25) is 0 Å². The van der Waals surface area contributed by atoms with Crippen LogP contribution in [0.3, 0.4) is 0 Å². The number of carboxylic acid groups (broad SMARTS) is 1. The minimum absolute atomic E-state index is 0. The molecule has 0 saturated carbocycles. The number of hydrogen-bond donors (Lipinski definition) is 3. The predicted molar refractivity (Wildman–Crippen MR) is 168 cm³/mol. The number of rotatable bonds is 11. The molecule has 1 unspecified atom stereocenters. The Morgan fingerprint density at radius 1 is 1.09 bits per heavy atom. The molecule has 43 heavy (non-hydrogen) atoms. The Balaban J connectivity index is 0.00000506. The molecule has 0 spiro atoms. The Kier molecular flexibility index (Phi) is 10.7. The van der Waals surface area contributed by atoms with Crippen molar-refractivity contribution in [3.8, 4) is 11.5 Å². The van der Waals surface area contributed by atoms with Crippen LogP contribution < -0.4 is 14.8 Å². The van der Waals surface area contributed by atoms with Gasteiger partial charge in [0.05, 0.1) is 13.2 Å². The SMILES string of the molecule is Br.CCOc1cc2c(nc1C(=O)NC)C(=N)N(CC(=O)c1ccc(OC(Cc3ccccc3)C(=O)O)c(C(C)(C)C)c1)C2. The smallest absolute Gasteiger partial charge is 0.345 e. The second-order valence-electron chi connectivity index (χ2n) is 11.1. The van der Waals surface area contributed by atoms with Crippen molar-refractivity contribution in [2.75, 3.05) is 20.2 Å². The lowest BCUT2D eigenvalue weighted by Gasteiger charge is -2.26. The fraction of sp³-hybridized carbons (Fsp3) is 0.344. The molecule has 0 fully saturated rings. The van der Waals surface area contributed by atoms with Crippen LogP contribution >= 0.6 is 17.0 Å². The van der Waals surface area contributed by atoms with Crippen LogP contribution in [-0.2, 0) is 23.2 Å². The number of ether oxygens (including phenoxy) is 2. The second kappa shape index (κ2) is 13.8. The number of benzene rings is 2. The summed E-state index contributed by atoms with van der Waals surface area (Å²) >= 11 is 0. The van der Waals surface area contributed by atoms with Gasteiger partial charge in [0, 0.05) is 36.7 Å². The summed E-state index contributed by atoms with van der Waals surface area (Å²) < 4.78 is 11.6. The van der Waals surface area contributed by atoms with E-state index in [1.54, 1.807) is 36.1 Å². The van der Waals surface area contributed by atoms with Crippen LogP contribution in [0.5, 0.6) is 11.5 Å². The van der Waals surface area contributed by atoms with E-state index in [-0.39, 0.29) is 53.8 Å². The number of amidine groups is 1. The lowest BCUT2D eigenvalue weighted by molar-refractivity contribution is -0.145. The second-order valence-corrected chi connectivity index (χ2v) is 11.1. The minimum atomic E-state index is -1.10. The van der Waals surface area contributed by atoms with Crippen molar-refractivity contribution in [1.29, 1.82) is 5.41 Å². The lowest BCUT2D eigenvalue weighted by atomic mass is 9.85. The lowest BCUT2D eigenvalue weighted by Crippen LogP contribution is -2.31. The molecule has 0 aliphatic carbocycles. The van der Waals surface area contributed by atoms with E-state index in [0.29, 0.717) is 40.5 Å². The number of fused-ring (bicyclic) bond motifs is 1. The number of nitrogens with zero attached hydrogens (tertiary/aromatic N) is 2. The molecule has 1 amide bonds. The summed E-state index contributed by atoms with van der Waals surface area (Å²) in [6.45, 7) is 8.25. The zero-order valence-corrected chi connectivity index (χ0v) is 26.6. The minimum Gasteiger partial charge on any atom is -0.491 e. The molecule has 2 heterocycles. The number of nitrogens with one attached hydrogen (secondary N) is 2. The Morgan fingerprint density at radius 2 is 1.79 bits per heavy atom. The largest absolute Gasteiger partial charge is 0.491 e. The number of aliphatic carboxylic acids is 1. The number of carbonyl (C=O) groups excluding carboxylic acids is 2. The molecule has 4 rings (SSSR count). The summed E-state index contributed by atoms with van der Waals surface area (Å²) in [6.07, 6.45) is -0.911. The summed E-state index contributed by atoms with van der Waals surface area (Å²) in [6, 6.07) is 16.0. The van der Waals surface area contributed by atoms with Crippen LogP contribution in [0, 0.1) is 5.41 Å². The predicted octanol–water partition coefficient (Wildman–Crippen LogP) is 4.81. The highest BCUT2D eigenvalue weighted by Crippen LogP contribution is 2.34.